The molecule has 1 aromatic carbocycles. The van der Waals surface area contributed by atoms with Gasteiger partial charge in [0.2, 0.25) is 5.76 Å². The molecule has 0 aliphatic heterocycles. The number of nitrogens with zero attached hydrogens (tertiary/aromatic N) is 3. The van der Waals surface area contributed by atoms with Gasteiger partial charge in [0, 0.05) is 17.8 Å². The zero-order valence-electron chi connectivity index (χ0n) is 15.7. The van der Waals surface area contributed by atoms with Crippen LogP contribution in [0.25, 0.3) is 11.5 Å². The molecule has 0 saturated carbocycles. The number of benzene rings is 1. The number of furan rings is 1. The van der Waals surface area contributed by atoms with Crippen LogP contribution in [0.4, 0.5) is 18.9 Å². The number of hydrogen-bond acceptors (Lipinski definition) is 5. The highest BCUT2D eigenvalue weighted by Gasteiger charge is 2.33. The molecule has 0 saturated heterocycles. The summed E-state index contributed by atoms with van der Waals surface area (Å²) in [6.07, 6.45) is 4.90. The molecule has 0 fully saturated rings. The van der Waals surface area contributed by atoms with Crippen LogP contribution >= 0.6 is 0 Å². The van der Waals surface area contributed by atoms with E-state index >= 15 is 0 Å². The largest absolute Gasteiger partial charge is 0.461 e. The maximum atomic E-state index is 13.2. The number of anilines is 1. The van der Waals surface area contributed by atoms with Crippen LogP contribution < -0.4 is 5.32 Å². The Labute approximate surface area is 173 Å². The Kier molecular flexibility index (Phi) is 5.09. The molecular weight excluding hydrogens is 413 g/mol. The number of amides is 1. The van der Waals surface area contributed by atoms with Crippen molar-refractivity contribution in [2.45, 2.75) is 12.7 Å². The second-order valence-corrected chi connectivity index (χ2v) is 6.46. The average molecular weight is 426 g/mol. The highest BCUT2D eigenvalue weighted by molar-refractivity contribution is 6.03. The van der Waals surface area contributed by atoms with Gasteiger partial charge in [0.05, 0.1) is 30.3 Å². The minimum Gasteiger partial charge on any atom is -0.461 e. The van der Waals surface area contributed by atoms with Crippen LogP contribution in [-0.2, 0) is 12.7 Å². The molecule has 7 nitrogen and oxygen atoms in total. The normalized spacial score (nSPS) is 11.3. The van der Waals surface area contributed by atoms with Crippen LogP contribution in [0, 0.1) is 12.3 Å². The van der Waals surface area contributed by atoms with Gasteiger partial charge in [-0.2, -0.15) is 18.3 Å². The van der Waals surface area contributed by atoms with Crippen molar-refractivity contribution < 1.29 is 26.9 Å². The molecule has 3 heterocycles. The van der Waals surface area contributed by atoms with E-state index in [-0.39, 0.29) is 17.8 Å². The Morgan fingerprint density at radius 2 is 2.06 bits per heavy atom. The summed E-state index contributed by atoms with van der Waals surface area (Å²) >= 11 is 0. The quantitative estimate of drug-likeness (QED) is 0.477. The fraction of sp³-hybridized carbons (Fsp3) is 0.0952. The third-order valence-electron chi connectivity index (χ3n) is 4.29. The Morgan fingerprint density at radius 1 is 1.23 bits per heavy atom. The van der Waals surface area contributed by atoms with Gasteiger partial charge in [-0.15, -0.1) is 6.42 Å². The lowest BCUT2D eigenvalue weighted by Gasteiger charge is -2.11. The number of rotatable bonds is 5. The average Bonchev–Trinajstić information content (AvgIpc) is 3.49. The summed E-state index contributed by atoms with van der Waals surface area (Å²) in [4.78, 5) is 12.3. The molecule has 4 rings (SSSR count). The van der Waals surface area contributed by atoms with E-state index in [1.807, 2.05) is 5.92 Å². The van der Waals surface area contributed by atoms with Crippen molar-refractivity contribution in [2.75, 3.05) is 5.32 Å². The number of hydrogen-bond donors (Lipinski definition) is 1. The molecule has 0 atom stereocenters. The molecule has 0 bridgehead atoms. The molecule has 4 aromatic rings. The molecule has 3 aromatic heterocycles. The lowest BCUT2D eigenvalue weighted by Crippen LogP contribution is -2.11. The number of nitrogens with one attached hydrogen (secondary N) is 1. The Hall–Kier alpha value is -4.26. The number of alkyl halides is 3. The first-order valence-corrected chi connectivity index (χ1v) is 8.84. The predicted octanol–water partition coefficient (Wildman–Crippen LogP) is 4.43. The van der Waals surface area contributed by atoms with Crippen molar-refractivity contribution in [2.24, 2.45) is 0 Å². The fourth-order valence-corrected chi connectivity index (χ4v) is 2.86. The molecule has 156 valence electrons. The zero-order chi connectivity index (χ0) is 22.0. The molecule has 0 spiro atoms. The second kappa shape index (κ2) is 7.87. The van der Waals surface area contributed by atoms with Gasteiger partial charge < -0.3 is 14.3 Å². The van der Waals surface area contributed by atoms with Crippen molar-refractivity contribution in [3.05, 3.63) is 77.4 Å². The monoisotopic (exact) mass is 426 g/mol. The van der Waals surface area contributed by atoms with Crippen molar-refractivity contribution in [3.8, 4) is 23.9 Å². The Balaban J connectivity index is 1.45. The molecule has 0 aliphatic rings. The Bertz CT molecular complexity index is 1260. The lowest BCUT2D eigenvalue weighted by atomic mass is 10.0. The SMILES string of the molecule is C#Cc1ccc(Cn2cc(NC(=O)c3cc(-c4ccco4)on3)cn2)cc1C(F)(F)F. The van der Waals surface area contributed by atoms with Crippen molar-refractivity contribution in [1.82, 2.24) is 14.9 Å². The molecule has 1 amide bonds. The van der Waals surface area contributed by atoms with Gasteiger partial charge in [0.15, 0.2) is 11.5 Å². The van der Waals surface area contributed by atoms with Gasteiger partial charge in [-0.25, -0.2) is 0 Å². The summed E-state index contributed by atoms with van der Waals surface area (Å²) in [7, 11) is 0. The highest BCUT2D eigenvalue weighted by Crippen LogP contribution is 2.32. The van der Waals surface area contributed by atoms with Crippen LogP contribution in [0.1, 0.15) is 27.2 Å². The van der Waals surface area contributed by atoms with E-state index < -0.39 is 17.6 Å². The van der Waals surface area contributed by atoms with Gasteiger partial charge in [-0.05, 0) is 29.8 Å². The van der Waals surface area contributed by atoms with Crippen LogP contribution in [0.5, 0.6) is 0 Å². The summed E-state index contributed by atoms with van der Waals surface area (Å²) in [5, 5.41) is 10.3. The third-order valence-corrected chi connectivity index (χ3v) is 4.29. The van der Waals surface area contributed by atoms with E-state index in [1.54, 1.807) is 12.1 Å². The van der Waals surface area contributed by atoms with E-state index in [0.717, 1.165) is 6.07 Å². The first-order valence-electron chi connectivity index (χ1n) is 8.84. The summed E-state index contributed by atoms with van der Waals surface area (Å²) in [6.45, 7) is 0.0520. The fourth-order valence-electron chi connectivity index (χ4n) is 2.86. The summed E-state index contributed by atoms with van der Waals surface area (Å²) in [6, 6.07) is 8.47. The topological polar surface area (TPSA) is 86.1 Å². The van der Waals surface area contributed by atoms with E-state index in [1.165, 1.54) is 41.5 Å². The third kappa shape index (κ3) is 4.35. The predicted molar refractivity (Wildman–Crippen MR) is 103 cm³/mol. The standard InChI is InChI=1S/C21H13F3N4O3/c1-2-14-6-5-13(8-16(14)21(22,23)24)11-28-12-15(10-25-28)26-20(29)17-9-19(31-27-17)18-4-3-7-30-18/h1,3-10,12H,11H2,(H,26,29). The number of aromatic nitrogens is 3. The molecule has 31 heavy (non-hydrogen) atoms. The number of carbonyl (C=O) groups is 1. The van der Waals surface area contributed by atoms with Crippen LogP contribution in [0.2, 0.25) is 0 Å². The van der Waals surface area contributed by atoms with Crippen molar-refractivity contribution in [3.63, 3.8) is 0 Å². The highest BCUT2D eigenvalue weighted by atomic mass is 19.4. The molecule has 1 N–H and O–H groups in total. The van der Waals surface area contributed by atoms with Gasteiger partial charge >= 0.3 is 6.18 Å². The lowest BCUT2D eigenvalue weighted by molar-refractivity contribution is -0.137. The van der Waals surface area contributed by atoms with E-state index in [0.29, 0.717) is 22.8 Å². The minimum atomic E-state index is -4.56. The number of halogens is 3. The number of terminal acetylenes is 1. The first kappa shape index (κ1) is 20.0. The molecular formula is C21H13F3N4O3. The van der Waals surface area contributed by atoms with Gasteiger partial charge in [-0.1, -0.05) is 17.1 Å². The molecule has 0 unspecified atom stereocenters. The maximum Gasteiger partial charge on any atom is 0.417 e. The van der Waals surface area contributed by atoms with Gasteiger partial charge in [0.25, 0.3) is 5.91 Å². The summed E-state index contributed by atoms with van der Waals surface area (Å²) < 4.78 is 51.1. The van der Waals surface area contributed by atoms with E-state index in [4.69, 9.17) is 15.4 Å². The second-order valence-electron chi connectivity index (χ2n) is 6.46. The van der Waals surface area contributed by atoms with Gasteiger partial charge in [0.1, 0.15) is 0 Å². The van der Waals surface area contributed by atoms with Crippen molar-refractivity contribution in [1.29, 1.82) is 0 Å². The van der Waals surface area contributed by atoms with Crippen LogP contribution in [0.3, 0.4) is 0 Å². The number of carbonyl (C=O) groups excluding carboxylic acids is 1. The summed E-state index contributed by atoms with van der Waals surface area (Å²) in [5.74, 6) is 2.21. The minimum absolute atomic E-state index is 0.0267. The first-order chi connectivity index (χ1) is 14.8. The van der Waals surface area contributed by atoms with Gasteiger partial charge in [-0.3, -0.25) is 9.48 Å². The van der Waals surface area contributed by atoms with Crippen molar-refractivity contribution >= 4 is 11.6 Å². The summed E-state index contributed by atoms with van der Waals surface area (Å²) in [5.41, 5.74) is -0.396. The van der Waals surface area contributed by atoms with E-state index in [9.17, 15) is 18.0 Å². The zero-order valence-corrected chi connectivity index (χ0v) is 15.7. The smallest absolute Gasteiger partial charge is 0.417 e. The Morgan fingerprint density at radius 3 is 2.77 bits per heavy atom. The maximum absolute atomic E-state index is 13.2. The van der Waals surface area contributed by atoms with Crippen LogP contribution in [0.15, 0.2) is 64.0 Å². The molecule has 0 radical (unpaired) electrons. The molecule has 10 heteroatoms. The van der Waals surface area contributed by atoms with Crippen LogP contribution in [-0.4, -0.2) is 20.8 Å². The van der Waals surface area contributed by atoms with E-state index in [2.05, 4.69) is 15.6 Å². The molecule has 0 aliphatic carbocycles.